The van der Waals surface area contributed by atoms with E-state index in [9.17, 15) is 9.59 Å². The number of halogens is 1. The minimum absolute atomic E-state index is 0.133. The second-order valence-electron chi connectivity index (χ2n) is 9.78. The highest BCUT2D eigenvalue weighted by molar-refractivity contribution is 14.1. The number of nitrogens with one attached hydrogen (secondary N) is 3. The highest BCUT2D eigenvalue weighted by Crippen LogP contribution is 2.28. The number of methoxy groups -OCH3 is 1. The van der Waals surface area contributed by atoms with Gasteiger partial charge in [-0.25, -0.2) is 4.79 Å². The molecule has 216 valence electrons. The van der Waals surface area contributed by atoms with Gasteiger partial charge in [0.1, 0.15) is 11.4 Å². The number of urea groups is 1. The van der Waals surface area contributed by atoms with Gasteiger partial charge in [0.2, 0.25) is 0 Å². The van der Waals surface area contributed by atoms with Crippen LogP contribution in [0.5, 0.6) is 5.75 Å². The summed E-state index contributed by atoms with van der Waals surface area (Å²) in [5, 5.41) is 13.4. The average Bonchev–Trinajstić information content (AvgIpc) is 3.37. The standard InChI is InChI=1S/C29H39IN6O3S/c1-21(11-13-30)33-26-19-40-20-27(26)34-28(37)25-10-7-23(17-32-25)18-36(16-15-35(2)3)29(38)31-14-12-22-5-8-24(39-4)9-6-22/h5-10,17,19-21,33H,11-16,18H2,1-4H3,(H,31,38)(H,34,37). The number of carbonyl (C=O) groups excluding carboxylic acids is 2. The second-order valence-corrected chi connectivity index (χ2v) is 11.6. The third kappa shape index (κ3) is 10.3. The first kappa shape index (κ1) is 31.6. The number of hydrogen-bond acceptors (Lipinski definition) is 7. The highest BCUT2D eigenvalue weighted by Gasteiger charge is 2.16. The van der Waals surface area contributed by atoms with Crippen molar-refractivity contribution in [1.82, 2.24) is 20.1 Å². The van der Waals surface area contributed by atoms with Crippen LogP contribution in [0.3, 0.4) is 0 Å². The lowest BCUT2D eigenvalue weighted by atomic mass is 10.1. The predicted octanol–water partition coefficient (Wildman–Crippen LogP) is 5.35. The first-order valence-corrected chi connectivity index (χ1v) is 15.7. The van der Waals surface area contributed by atoms with Crippen molar-refractivity contribution < 1.29 is 14.3 Å². The molecular formula is C29H39IN6O3S. The molecule has 2 heterocycles. The lowest BCUT2D eigenvalue weighted by Gasteiger charge is -2.25. The van der Waals surface area contributed by atoms with Crippen molar-refractivity contribution in [3.05, 3.63) is 70.2 Å². The van der Waals surface area contributed by atoms with Gasteiger partial charge in [-0.1, -0.05) is 40.8 Å². The van der Waals surface area contributed by atoms with E-state index in [0.717, 1.165) is 52.1 Å². The van der Waals surface area contributed by atoms with Gasteiger partial charge in [-0.3, -0.25) is 9.78 Å². The number of benzene rings is 1. The molecule has 0 spiro atoms. The van der Waals surface area contributed by atoms with Gasteiger partial charge < -0.3 is 30.5 Å². The normalized spacial score (nSPS) is 11.7. The van der Waals surface area contributed by atoms with Gasteiger partial charge in [0.15, 0.2) is 0 Å². The number of alkyl halides is 1. The van der Waals surface area contributed by atoms with E-state index >= 15 is 0 Å². The summed E-state index contributed by atoms with van der Waals surface area (Å²) in [5.74, 6) is 0.542. The SMILES string of the molecule is COc1ccc(CCNC(=O)N(CCN(C)C)Cc2ccc(C(=O)Nc3cscc3NC(C)CCI)nc2)cc1. The Morgan fingerprint density at radius 3 is 2.42 bits per heavy atom. The van der Waals surface area contributed by atoms with Gasteiger partial charge in [-0.05, 0) is 63.2 Å². The number of anilines is 2. The summed E-state index contributed by atoms with van der Waals surface area (Å²) in [5.41, 5.74) is 3.97. The third-order valence-electron chi connectivity index (χ3n) is 6.24. The molecule has 0 fully saturated rings. The minimum atomic E-state index is -0.268. The number of thiophene rings is 1. The molecule has 0 radical (unpaired) electrons. The molecule has 0 bridgehead atoms. The minimum Gasteiger partial charge on any atom is -0.497 e. The smallest absolute Gasteiger partial charge is 0.317 e. The molecule has 3 aromatic rings. The number of pyridine rings is 1. The molecule has 1 atom stereocenters. The number of amides is 3. The van der Waals surface area contributed by atoms with E-state index in [1.807, 2.05) is 60.1 Å². The summed E-state index contributed by atoms with van der Waals surface area (Å²) in [4.78, 5) is 34.1. The van der Waals surface area contributed by atoms with Crippen molar-refractivity contribution in [2.45, 2.75) is 32.4 Å². The van der Waals surface area contributed by atoms with Gasteiger partial charge in [0, 0.05) is 53.6 Å². The summed E-state index contributed by atoms with van der Waals surface area (Å²) >= 11 is 3.90. The molecule has 40 heavy (non-hydrogen) atoms. The van der Waals surface area contributed by atoms with Gasteiger partial charge in [-0.15, -0.1) is 11.3 Å². The number of rotatable bonds is 15. The molecule has 0 aliphatic carbocycles. The first-order valence-electron chi connectivity index (χ1n) is 13.2. The van der Waals surface area contributed by atoms with E-state index < -0.39 is 0 Å². The van der Waals surface area contributed by atoms with E-state index in [4.69, 9.17) is 4.74 Å². The maximum Gasteiger partial charge on any atom is 0.317 e. The zero-order valence-corrected chi connectivity index (χ0v) is 26.5. The summed E-state index contributed by atoms with van der Waals surface area (Å²) in [6.07, 6.45) is 3.43. The average molecular weight is 679 g/mol. The van der Waals surface area contributed by atoms with Gasteiger partial charge in [0.05, 0.1) is 18.5 Å². The number of ether oxygens (including phenoxy) is 1. The molecule has 0 aliphatic heterocycles. The Balaban J connectivity index is 1.57. The topological polar surface area (TPSA) is 98.8 Å². The zero-order valence-electron chi connectivity index (χ0n) is 23.6. The summed E-state index contributed by atoms with van der Waals surface area (Å²) in [6, 6.07) is 11.6. The van der Waals surface area contributed by atoms with Crippen molar-refractivity contribution in [1.29, 1.82) is 0 Å². The van der Waals surface area contributed by atoms with E-state index in [-0.39, 0.29) is 11.9 Å². The molecule has 11 heteroatoms. The number of aromatic nitrogens is 1. The van der Waals surface area contributed by atoms with Gasteiger partial charge in [-0.2, -0.15) is 0 Å². The van der Waals surface area contributed by atoms with Crippen LogP contribution in [0.1, 0.15) is 35.0 Å². The Hall–Kier alpha value is -2.90. The summed E-state index contributed by atoms with van der Waals surface area (Å²) < 4.78 is 6.27. The molecule has 3 rings (SSSR count). The molecule has 3 N–H and O–H groups in total. The molecule has 9 nitrogen and oxygen atoms in total. The van der Waals surface area contributed by atoms with Crippen LogP contribution in [0.15, 0.2) is 53.4 Å². The van der Waals surface area contributed by atoms with Crippen molar-refractivity contribution in [2.24, 2.45) is 0 Å². The monoisotopic (exact) mass is 678 g/mol. The van der Waals surface area contributed by atoms with E-state index in [2.05, 4.69) is 50.4 Å². The van der Waals surface area contributed by atoms with Crippen LogP contribution in [-0.2, 0) is 13.0 Å². The molecule has 0 saturated carbocycles. The lowest BCUT2D eigenvalue weighted by molar-refractivity contribution is 0.102. The lowest BCUT2D eigenvalue weighted by Crippen LogP contribution is -2.43. The van der Waals surface area contributed by atoms with Crippen LogP contribution in [0.4, 0.5) is 16.2 Å². The summed E-state index contributed by atoms with van der Waals surface area (Å²) in [6.45, 7) is 4.34. The van der Waals surface area contributed by atoms with Crippen LogP contribution in [0, 0.1) is 0 Å². The molecular weight excluding hydrogens is 639 g/mol. The maximum absolute atomic E-state index is 13.0. The molecule has 2 aromatic heterocycles. The maximum atomic E-state index is 13.0. The third-order valence-corrected chi connectivity index (χ3v) is 7.60. The van der Waals surface area contributed by atoms with Crippen LogP contribution < -0.4 is 20.7 Å². The van der Waals surface area contributed by atoms with E-state index in [0.29, 0.717) is 31.4 Å². The Labute approximate surface area is 254 Å². The van der Waals surface area contributed by atoms with Crippen molar-refractivity contribution in [3.63, 3.8) is 0 Å². The molecule has 0 aliphatic rings. The fourth-order valence-electron chi connectivity index (χ4n) is 3.86. The fourth-order valence-corrected chi connectivity index (χ4v) is 5.51. The second kappa shape index (κ2) is 16.4. The molecule has 1 unspecified atom stereocenters. The fraction of sp³-hybridized carbons (Fsp3) is 0.414. The predicted molar refractivity (Wildman–Crippen MR) is 172 cm³/mol. The van der Waals surface area contributed by atoms with Crippen molar-refractivity contribution in [2.75, 3.05) is 55.9 Å². The van der Waals surface area contributed by atoms with E-state index in [1.54, 1.807) is 24.3 Å². The Bertz CT molecular complexity index is 1200. The van der Waals surface area contributed by atoms with Crippen LogP contribution >= 0.6 is 33.9 Å². The molecule has 3 amide bonds. The van der Waals surface area contributed by atoms with Crippen LogP contribution in [-0.4, -0.2) is 78.0 Å². The van der Waals surface area contributed by atoms with Gasteiger partial charge in [0.25, 0.3) is 5.91 Å². The Morgan fingerprint density at radius 1 is 1.05 bits per heavy atom. The number of likely N-dealkylation sites (N-methyl/N-ethyl adjacent to an activating group) is 1. The Morgan fingerprint density at radius 2 is 1.77 bits per heavy atom. The largest absolute Gasteiger partial charge is 0.497 e. The zero-order chi connectivity index (χ0) is 28.9. The quantitative estimate of drug-likeness (QED) is 0.148. The molecule has 0 saturated heterocycles. The van der Waals surface area contributed by atoms with E-state index in [1.165, 1.54) is 11.3 Å². The van der Waals surface area contributed by atoms with Crippen LogP contribution in [0.2, 0.25) is 0 Å². The first-order chi connectivity index (χ1) is 19.3. The summed E-state index contributed by atoms with van der Waals surface area (Å²) in [7, 11) is 5.60. The van der Waals surface area contributed by atoms with Crippen molar-refractivity contribution in [3.8, 4) is 5.75 Å². The Kier molecular flexibility index (Phi) is 13.0. The number of carbonyl (C=O) groups is 2. The number of hydrogen-bond donors (Lipinski definition) is 3. The highest BCUT2D eigenvalue weighted by atomic mass is 127. The van der Waals surface area contributed by atoms with Crippen molar-refractivity contribution >= 4 is 57.2 Å². The van der Waals surface area contributed by atoms with Gasteiger partial charge >= 0.3 is 6.03 Å². The van der Waals surface area contributed by atoms with Crippen LogP contribution in [0.25, 0.3) is 0 Å². The molecule has 1 aromatic carbocycles. The number of nitrogens with zero attached hydrogens (tertiary/aromatic N) is 3.